The van der Waals surface area contributed by atoms with E-state index < -0.39 is 0 Å². The third-order valence-corrected chi connectivity index (χ3v) is 7.93. The van der Waals surface area contributed by atoms with Crippen LogP contribution in [-0.2, 0) is 24.9 Å². The van der Waals surface area contributed by atoms with Crippen LogP contribution in [-0.4, -0.2) is 52.4 Å². The number of carbonyl (C=O) groups is 4. The summed E-state index contributed by atoms with van der Waals surface area (Å²) in [4.78, 5) is 50.1. The number of fused-ring (bicyclic) bond motifs is 1. The molecule has 4 rings (SSSR count). The number of benzene rings is 1. The van der Waals surface area contributed by atoms with Crippen molar-refractivity contribution in [2.75, 3.05) is 19.0 Å². The van der Waals surface area contributed by atoms with E-state index in [4.69, 9.17) is 0 Å². The standard InChI is InChI=1S/C22H24N4O5S2/c1-31-20(30)14-8-6-13(7-9-14)12-32-22-25-24-21(33-22)23-17(27)10-11-26-18(28)15-4-2-3-5-16(15)19(26)29/h6-9,15-16H,2-5,10-12H2,1H3,(H,23,24,27)/t15-,16-/m1/s1. The van der Waals surface area contributed by atoms with Crippen molar-refractivity contribution in [2.45, 2.75) is 42.2 Å². The molecule has 1 N–H and O–H groups in total. The summed E-state index contributed by atoms with van der Waals surface area (Å²) >= 11 is 2.72. The molecule has 1 aromatic carbocycles. The summed E-state index contributed by atoms with van der Waals surface area (Å²) in [5.41, 5.74) is 1.50. The van der Waals surface area contributed by atoms with Crippen LogP contribution < -0.4 is 5.32 Å². The Balaban J connectivity index is 1.24. The van der Waals surface area contributed by atoms with E-state index >= 15 is 0 Å². The molecule has 2 aromatic rings. The topological polar surface area (TPSA) is 119 Å². The first kappa shape index (κ1) is 23.4. The minimum Gasteiger partial charge on any atom is -0.465 e. The second-order valence-electron chi connectivity index (χ2n) is 7.97. The van der Waals surface area contributed by atoms with E-state index in [9.17, 15) is 19.2 Å². The van der Waals surface area contributed by atoms with Crippen molar-refractivity contribution in [3.05, 3.63) is 35.4 Å². The van der Waals surface area contributed by atoms with Gasteiger partial charge in [0.25, 0.3) is 0 Å². The Labute approximate surface area is 199 Å². The number of nitrogens with one attached hydrogen (secondary N) is 1. The summed E-state index contributed by atoms with van der Waals surface area (Å²) in [6, 6.07) is 7.11. The van der Waals surface area contributed by atoms with Crippen molar-refractivity contribution >= 4 is 51.9 Å². The lowest BCUT2D eigenvalue weighted by Crippen LogP contribution is -2.34. The van der Waals surface area contributed by atoms with Crippen LogP contribution in [0.5, 0.6) is 0 Å². The summed E-state index contributed by atoms with van der Waals surface area (Å²) in [5, 5.41) is 11.1. The minimum atomic E-state index is -0.379. The molecule has 174 valence electrons. The number of nitrogens with zero attached hydrogens (tertiary/aromatic N) is 3. The van der Waals surface area contributed by atoms with Gasteiger partial charge in [0.05, 0.1) is 24.5 Å². The molecule has 2 atom stereocenters. The lowest BCUT2D eigenvalue weighted by Gasteiger charge is -2.19. The number of carbonyl (C=O) groups excluding carboxylic acids is 4. The van der Waals surface area contributed by atoms with Crippen LogP contribution in [0.15, 0.2) is 28.6 Å². The number of rotatable bonds is 8. The second kappa shape index (κ2) is 10.4. The van der Waals surface area contributed by atoms with Gasteiger partial charge in [0.15, 0.2) is 4.34 Å². The Morgan fingerprint density at radius 2 is 1.79 bits per heavy atom. The van der Waals surface area contributed by atoms with Gasteiger partial charge in [-0.1, -0.05) is 48.1 Å². The number of thioether (sulfide) groups is 1. The quantitative estimate of drug-likeness (QED) is 0.261. The number of hydrogen-bond donors (Lipinski definition) is 1. The molecule has 0 unspecified atom stereocenters. The van der Waals surface area contributed by atoms with E-state index in [0.717, 1.165) is 31.2 Å². The number of esters is 1. The summed E-state index contributed by atoms with van der Waals surface area (Å²) in [7, 11) is 1.34. The fourth-order valence-corrected chi connectivity index (χ4v) is 5.89. The van der Waals surface area contributed by atoms with E-state index in [1.54, 1.807) is 12.1 Å². The van der Waals surface area contributed by atoms with Crippen LogP contribution in [0.2, 0.25) is 0 Å². The third-order valence-electron chi connectivity index (χ3n) is 5.89. The lowest BCUT2D eigenvalue weighted by atomic mass is 9.81. The number of methoxy groups -OCH3 is 1. The van der Waals surface area contributed by atoms with E-state index in [2.05, 4.69) is 20.3 Å². The molecule has 9 nitrogen and oxygen atoms in total. The highest BCUT2D eigenvalue weighted by molar-refractivity contribution is 8.00. The predicted octanol–water partition coefficient (Wildman–Crippen LogP) is 3.12. The Morgan fingerprint density at radius 3 is 2.42 bits per heavy atom. The number of amides is 3. The SMILES string of the molecule is COC(=O)c1ccc(CSc2nnc(NC(=O)CCN3C(=O)[C@@H]4CCCC[C@H]4C3=O)s2)cc1. The molecule has 2 fully saturated rings. The predicted molar refractivity (Wildman–Crippen MR) is 123 cm³/mol. The number of likely N-dealkylation sites (tertiary alicyclic amines) is 1. The normalized spacial score (nSPS) is 20.0. The molecule has 1 aromatic heterocycles. The molecule has 2 aliphatic rings. The van der Waals surface area contributed by atoms with Crippen molar-refractivity contribution in [3.63, 3.8) is 0 Å². The van der Waals surface area contributed by atoms with Gasteiger partial charge in [0, 0.05) is 18.7 Å². The molecule has 1 aliphatic carbocycles. The summed E-state index contributed by atoms with van der Waals surface area (Å²) in [6.45, 7) is 0.0957. The van der Waals surface area contributed by atoms with Crippen LogP contribution >= 0.6 is 23.1 Å². The van der Waals surface area contributed by atoms with E-state index in [1.165, 1.54) is 35.1 Å². The highest BCUT2D eigenvalue weighted by Gasteiger charge is 2.47. The Morgan fingerprint density at radius 1 is 1.12 bits per heavy atom. The highest BCUT2D eigenvalue weighted by Crippen LogP contribution is 2.38. The average molecular weight is 489 g/mol. The van der Waals surface area contributed by atoms with Crippen molar-refractivity contribution in [1.29, 1.82) is 0 Å². The second-order valence-corrected chi connectivity index (χ2v) is 10.2. The molecule has 2 heterocycles. The molecule has 1 saturated carbocycles. The van der Waals surface area contributed by atoms with Gasteiger partial charge in [-0.25, -0.2) is 4.79 Å². The molecule has 11 heteroatoms. The Hall–Kier alpha value is -2.79. The number of imide groups is 1. The highest BCUT2D eigenvalue weighted by atomic mass is 32.2. The van der Waals surface area contributed by atoms with Crippen LogP contribution in [0, 0.1) is 11.8 Å². The zero-order chi connectivity index (χ0) is 23.4. The van der Waals surface area contributed by atoms with Gasteiger partial charge in [0.2, 0.25) is 22.9 Å². The van der Waals surface area contributed by atoms with Gasteiger partial charge in [-0.15, -0.1) is 10.2 Å². The largest absolute Gasteiger partial charge is 0.465 e. The van der Waals surface area contributed by atoms with Gasteiger partial charge in [0.1, 0.15) is 0 Å². The molecule has 1 saturated heterocycles. The number of aromatic nitrogens is 2. The average Bonchev–Trinajstić information content (AvgIpc) is 3.38. The van der Waals surface area contributed by atoms with E-state index in [1.807, 2.05) is 12.1 Å². The van der Waals surface area contributed by atoms with Crippen LogP contribution in [0.3, 0.4) is 0 Å². The monoisotopic (exact) mass is 488 g/mol. The van der Waals surface area contributed by atoms with Gasteiger partial charge < -0.3 is 10.1 Å². The minimum absolute atomic E-state index is 0.0333. The molecule has 0 radical (unpaired) electrons. The Kier molecular flexibility index (Phi) is 7.39. The third kappa shape index (κ3) is 5.41. The van der Waals surface area contributed by atoms with E-state index in [-0.39, 0.29) is 48.5 Å². The van der Waals surface area contributed by atoms with Crippen molar-refractivity contribution in [3.8, 4) is 0 Å². The fourth-order valence-electron chi connectivity index (χ4n) is 4.17. The van der Waals surface area contributed by atoms with Crippen molar-refractivity contribution in [1.82, 2.24) is 15.1 Å². The number of hydrogen-bond acceptors (Lipinski definition) is 9. The summed E-state index contributed by atoms with van der Waals surface area (Å²) in [5.74, 6) is -0.723. The zero-order valence-corrected chi connectivity index (χ0v) is 19.7. The van der Waals surface area contributed by atoms with Gasteiger partial charge in [-0.3, -0.25) is 19.3 Å². The molecular weight excluding hydrogens is 464 g/mol. The van der Waals surface area contributed by atoms with Gasteiger partial charge >= 0.3 is 5.97 Å². The summed E-state index contributed by atoms with van der Waals surface area (Å²) in [6.07, 6.45) is 3.51. The van der Waals surface area contributed by atoms with Gasteiger partial charge in [-0.2, -0.15) is 0 Å². The Bertz CT molecular complexity index is 1030. The number of ether oxygens (including phenoxy) is 1. The first-order chi connectivity index (χ1) is 16.0. The van der Waals surface area contributed by atoms with Crippen molar-refractivity contribution < 1.29 is 23.9 Å². The maximum absolute atomic E-state index is 12.5. The molecular formula is C22H24N4O5S2. The van der Waals surface area contributed by atoms with Crippen LogP contribution in [0.25, 0.3) is 0 Å². The molecule has 1 aliphatic heterocycles. The molecule has 0 bridgehead atoms. The number of anilines is 1. The molecule has 3 amide bonds. The first-order valence-electron chi connectivity index (χ1n) is 10.7. The maximum Gasteiger partial charge on any atom is 0.337 e. The first-order valence-corrected chi connectivity index (χ1v) is 12.5. The van der Waals surface area contributed by atoms with Crippen molar-refractivity contribution in [2.24, 2.45) is 11.8 Å². The molecule has 33 heavy (non-hydrogen) atoms. The smallest absolute Gasteiger partial charge is 0.337 e. The fraction of sp³-hybridized carbons (Fsp3) is 0.455. The van der Waals surface area contributed by atoms with Crippen LogP contribution in [0.1, 0.15) is 48.0 Å². The summed E-state index contributed by atoms with van der Waals surface area (Å²) < 4.78 is 5.38. The van der Waals surface area contributed by atoms with Gasteiger partial charge in [-0.05, 0) is 30.5 Å². The van der Waals surface area contributed by atoms with E-state index in [0.29, 0.717) is 20.8 Å². The maximum atomic E-state index is 12.5. The molecule has 0 spiro atoms. The zero-order valence-electron chi connectivity index (χ0n) is 18.1. The lowest BCUT2D eigenvalue weighted by molar-refractivity contribution is -0.140. The van der Waals surface area contributed by atoms with Crippen LogP contribution in [0.4, 0.5) is 5.13 Å².